The van der Waals surface area contributed by atoms with Crippen LogP contribution in [-0.4, -0.2) is 30.4 Å². The molecule has 2 aliphatic heterocycles. The Hall–Kier alpha value is -1.51. The van der Waals surface area contributed by atoms with Gasteiger partial charge < -0.3 is 10.2 Å². The number of nitrogens with one attached hydrogen (secondary N) is 1. The zero-order chi connectivity index (χ0) is 14.7. The summed E-state index contributed by atoms with van der Waals surface area (Å²) >= 11 is 0. The molecule has 1 saturated heterocycles. The largest absolute Gasteiger partial charge is 0.384 e. The lowest BCUT2D eigenvalue weighted by molar-refractivity contribution is -0.131. The number of rotatable bonds is 3. The number of likely N-dealkylation sites (tertiary alicyclic amines) is 1. The van der Waals surface area contributed by atoms with Gasteiger partial charge in [0.05, 0.1) is 0 Å². The van der Waals surface area contributed by atoms with Gasteiger partial charge in [0.15, 0.2) is 0 Å². The molecular formula is C18H26N2O. The van der Waals surface area contributed by atoms with E-state index in [1.54, 1.807) is 0 Å². The molecule has 2 unspecified atom stereocenters. The number of hydrogen-bond donors (Lipinski definition) is 1. The fourth-order valence-electron chi connectivity index (χ4n) is 3.70. The Kier molecular flexibility index (Phi) is 4.47. The van der Waals surface area contributed by atoms with Crippen molar-refractivity contribution in [3.05, 3.63) is 29.8 Å². The second kappa shape index (κ2) is 6.50. The van der Waals surface area contributed by atoms with Crippen LogP contribution >= 0.6 is 0 Å². The number of fused-ring (bicyclic) bond motifs is 1. The molecular weight excluding hydrogens is 260 g/mol. The van der Waals surface area contributed by atoms with Gasteiger partial charge in [-0.25, -0.2) is 0 Å². The van der Waals surface area contributed by atoms with Crippen molar-refractivity contribution in [2.45, 2.75) is 44.9 Å². The molecule has 1 aromatic carbocycles. The van der Waals surface area contributed by atoms with Gasteiger partial charge in [0.2, 0.25) is 5.91 Å². The second-order valence-electron chi connectivity index (χ2n) is 6.46. The third-order valence-electron chi connectivity index (χ3n) is 5.14. The number of benzene rings is 1. The van der Waals surface area contributed by atoms with Crippen molar-refractivity contribution < 1.29 is 4.79 Å². The van der Waals surface area contributed by atoms with E-state index in [4.69, 9.17) is 0 Å². The van der Waals surface area contributed by atoms with Crippen LogP contribution in [0.25, 0.3) is 0 Å². The van der Waals surface area contributed by atoms with Crippen molar-refractivity contribution in [2.75, 3.05) is 25.0 Å². The van der Waals surface area contributed by atoms with Crippen molar-refractivity contribution in [3.63, 3.8) is 0 Å². The summed E-state index contributed by atoms with van der Waals surface area (Å²) in [6, 6.07) is 8.39. The maximum Gasteiger partial charge on any atom is 0.223 e. The summed E-state index contributed by atoms with van der Waals surface area (Å²) in [4.78, 5) is 14.7. The summed E-state index contributed by atoms with van der Waals surface area (Å²) in [5, 5.41) is 3.42. The molecule has 0 bridgehead atoms. The van der Waals surface area contributed by atoms with Crippen LogP contribution in [0.2, 0.25) is 0 Å². The molecule has 114 valence electrons. The Balaban J connectivity index is 1.60. The van der Waals surface area contributed by atoms with E-state index in [2.05, 4.69) is 41.4 Å². The molecule has 1 fully saturated rings. The third-order valence-corrected chi connectivity index (χ3v) is 5.14. The van der Waals surface area contributed by atoms with Gasteiger partial charge >= 0.3 is 0 Å². The summed E-state index contributed by atoms with van der Waals surface area (Å²) in [6.07, 6.45) is 5.54. The minimum absolute atomic E-state index is 0.343. The quantitative estimate of drug-likeness (QED) is 0.920. The molecule has 0 saturated carbocycles. The molecule has 2 heterocycles. The normalized spacial score (nSPS) is 25.1. The molecule has 3 rings (SSSR count). The molecule has 0 aliphatic carbocycles. The van der Waals surface area contributed by atoms with Crippen LogP contribution in [-0.2, 0) is 4.79 Å². The Morgan fingerprint density at radius 2 is 2.14 bits per heavy atom. The van der Waals surface area contributed by atoms with Gasteiger partial charge in [-0.3, -0.25) is 4.79 Å². The summed E-state index contributed by atoms with van der Waals surface area (Å²) in [5.74, 6) is 1.51. The Bertz CT molecular complexity index is 500. The number of amides is 1. The summed E-state index contributed by atoms with van der Waals surface area (Å²) in [5.41, 5.74) is 2.52. The predicted molar refractivity (Wildman–Crippen MR) is 86.5 cm³/mol. The average molecular weight is 286 g/mol. The smallest absolute Gasteiger partial charge is 0.223 e. The van der Waals surface area contributed by atoms with Crippen LogP contribution in [0.4, 0.5) is 5.69 Å². The first-order valence-electron chi connectivity index (χ1n) is 8.38. The second-order valence-corrected chi connectivity index (χ2v) is 6.46. The summed E-state index contributed by atoms with van der Waals surface area (Å²) in [7, 11) is 0. The van der Waals surface area contributed by atoms with E-state index >= 15 is 0 Å². The molecule has 2 atom stereocenters. The number of carbonyl (C=O) groups is 1. The van der Waals surface area contributed by atoms with Crippen LogP contribution in [0.3, 0.4) is 0 Å². The van der Waals surface area contributed by atoms with Crippen molar-refractivity contribution in [1.82, 2.24) is 4.90 Å². The molecule has 1 aromatic rings. The predicted octanol–water partition coefficient (Wildman–Crippen LogP) is 3.62. The third kappa shape index (κ3) is 3.22. The van der Waals surface area contributed by atoms with E-state index < -0.39 is 0 Å². The number of anilines is 1. The zero-order valence-electron chi connectivity index (χ0n) is 13.0. The Morgan fingerprint density at radius 3 is 3.00 bits per heavy atom. The molecule has 21 heavy (non-hydrogen) atoms. The molecule has 2 aliphatic rings. The highest BCUT2D eigenvalue weighted by molar-refractivity contribution is 5.78. The molecule has 1 N–H and O–H groups in total. The van der Waals surface area contributed by atoms with E-state index in [-0.39, 0.29) is 0 Å². The fourth-order valence-corrected chi connectivity index (χ4v) is 3.70. The van der Waals surface area contributed by atoms with Crippen LogP contribution in [0, 0.1) is 5.92 Å². The topological polar surface area (TPSA) is 32.3 Å². The monoisotopic (exact) mass is 286 g/mol. The van der Waals surface area contributed by atoms with E-state index in [0.717, 1.165) is 25.6 Å². The summed E-state index contributed by atoms with van der Waals surface area (Å²) in [6.45, 7) is 5.08. The van der Waals surface area contributed by atoms with E-state index in [1.165, 1.54) is 36.9 Å². The lowest BCUT2D eigenvalue weighted by atomic mass is 9.97. The van der Waals surface area contributed by atoms with Crippen molar-refractivity contribution in [3.8, 4) is 0 Å². The van der Waals surface area contributed by atoms with Gasteiger partial charge in [0.1, 0.15) is 0 Å². The maximum absolute atomic E-state index is 12.6. The highest BCUT2D eigenvalue weighted by Crippen LogP contribution is 2.33. The van der Waals surface area contributed by atoms with Gasteiger partial charge in [0, 0.05) is 37.7 Å². The van der Waals surface area contributed by atoms with E-state index in [1.807, 2.05) is 0 Å². The van der Waals surface area contributed by atoms with Crippen LogP contribution in [0.1, 0.15) is 50.5 Å². The lowest BCUT2D eigenvalue weighted by Gasteiger charge is -2.22. The fraction of sp³-hybridized carbons (Fsp3) is 0.611. The first-order valence-corrected chi connectivity index (χ1v) is 8.38. The zero-order valence-corrected chi connectivity index (χ0v) is 13.0. The molecule has 3 nitrogen and oxygen atoms in total. The molecule has 0 radical (unpaired) electrons. The lowest BCUT2D eigenvalue weighted by Crippen LogP contribution is -2.33. The molecule has 0 spiro atoms. The average Bonchev–Trinajstić information content (AvgIpc) is 2.76. The Labute approximate surface area is 127 Å². The number of para-hydroxylation sites is 1. The highest BCUT2D eigenvalue weighted by atomic mass is 16.2. The van der Waals surface area contributed by atoms with Gasteiger partial charge in [-0.2, -0.15) is 0 Å². The first-order chi connectivity index (χ1) is 10.3. The van der Waals surface area contributed by atoms with Crippen molar-refractivity contribution in [2.24, 2.45) is 5.92 Å². The SMILES string of the molecule is CCC1CCCN(C(=O)CC2CNc3ccccc32)CC1. The van der Waals surface area contributed by atoms with Crippen molar-refractivity contribution in [1.29, 1.82) is 0 Å². The number of nitrogens with zero attached hydrogens (tertiary/aromatic N) is 1. The van der Waals surface area contributed by atoms with Crippen molar-refractivity contribution >= 4 is 11.6 Å². The number of carbonyl (C=O) groups excluding carboxylic acids is 1. The van der Waals surface area contributed by atoms with Crippen LogP contribution in [0.5, 0.6) is 0 Å². The Morgan fingerprint density at radius 1 is 1.29 bits per heavy atom. The van der Waals surface area contributed by atoms with Gasteiger partial charge in [-0.15, -0.1) is 0 Å². The number of hydrogen-bond acceptors (Lipinski definition) is 2. The van der Waals surface area contributed by atoms with Crippen LogP contribution < -0.4 is 5.32 Å². The highest BCUT2D eigenvalue weighted by Gasteiger charge is 2.27. The molecule has 1 amide bonds. The van der Waals surface area contributed by atoms with Crippen LogP contribution in [0.15, 0.2) is 24.3 Å². The summed E-state index contributed by atoms with van der Waals surface area (Å²) < 4.78 is 0. The maximum atomic E-state index is 12.6. The molecule has 3 heteroatoms. The standard InChI is InChI=1S/C18H26N2O/c1-2-14-6-5-10-20(11-9-14)18(21)12-15-13-19-17-8-4-3-7-16(15)17/h3-4,7-8,14-15,19H,2,5-6,9-13H2,1H3. The minimum Gasteiger partial charge on any atom is -0.384 e. The van der Waals surface area contributed by atoms with E-state index in [9.17, 15) is 4.79 Å². The minimum atomic E-state index is 0.343. The van der Waals surface area contributed by atoms with Gasteiger partial charge in [0.25, 0.3) is 0 Å². The van der Waals surface area contributed by atoms with Gasteiger partial charge in [-0.05, 0) is 36.8 Å². The molecule has 0 aromatic heterocycles. The van der Waals surface area contributed by atoms with E-state index in [0.29, 0.717) is 18.2 Å². The van der Waals surface area contributed by atoms with Gasteiger partial charge in [-0.1, -0.05) is 31.5 Å². The first kappa shape index (κ1) is 14.4.